The second-order valence-corrected chi connectivity index (χ2v) is 6.07. The van der Waals surface area contributed by atoms with Crippen LogP contribution < -0.4 is 10.5 Å². The Morgan fingerprint density at radius 1 is 1.43 bits per heavy atom. The number of hydrogen-bond donors (Lipinski definition) is 1. The molecule has 0 amide bonds. The number of methoxy groups -OCH3 is 1. The molecule has 21 heavy (non-hydrogen) atoms. The minimum atomic E-state index is 0.0378. The molecule has 1 fully saturated rings. The van der Waals surface area contributed by atoms with Crippen LogP contribution in [0.25, 0.3) is 0 Å². The summed E-state index contributed by atoms with van der Waals surface area (Å²) in [6.07, 6.45) is 2.40. The Morgan fingerprint density at radius 2 is 2.19 bits per heavy atom. The van der Waals surface area contributed by atoms with Gasteiger partial charge in [-0.15, -0.1) is 0 Å². The maximum absolute atomic E-state index is 6.27. The molecule has 0 aliphatic carbocycles. The van der Waals surface area contributed by atoms with E-state index in [1.807, 2.05) is 18.2 Å². The van der Waals surface area contributed by atoms with Crippen molar-refractivity contribution in [3.63, 3.8) is 0 Å². The topological polar surface area (TPSA) is 47.7 Å². The zero-order valence-electron chi connectivity index (χ0n) is 13.4. The lowest BCUT2D eigenvalue weighted by Crippen LogP contribution is -2.41. The number of hydrogen-bond acceptors (Lipinski definition) is 4. The van der Waals surface area contributed by atoms with Crippen LogP contribution in [0.15, 0.2) is 24.3 Å². The van der Waals surface area contributed by atoms with Crippen molar-refractivity contribution in [1.29, 1.82) is 0 Å². The number of rotatable bonds is 6. The first-order chi connectivity index (χ1) is 10.1. The maximum atomic E-state index is 6.27. The summed E-state index contributed by atoms with van der Waals surface area (Å²) >= 11 is 0. The minimum Gasteiger partial charge on any atom is -0.496 e. The van der Waals surface area contributed by atoms with E-state index in [1.165, 1.54) is 6.42 Å². The number of nitrogens with zero attached hydrogens (tertiary/aromatic N) is 1. The monoisotopic (exact) mass is 292 g/mol. The summed E-state index contributed by atoms with van der Waals surface area (Å²) in [6, 6.07) is 8.35. The fourth-order valence-electron chi connectivity index (χ4n) is 3.31. The highest BCUT2D eigenvalue weighted by Gasteiger charge is 2.26. The Labute approximate surface area is 128 Å². The first-order valence-electron chi connectivity index (χ1n) is 7.80. The lowest BCUT2D eigenvalue weighted by Gasteiger charge is -2.35. The molecule has 4 heteroatoms. The first-order valence-corrected chi connectivity index (χ1v) is 7.80. The second kappa shape index (κ2) is 7.78. The van der Waals surface area contributed by atoms with Crippen molar-refractivity contribution in [3.8, 4) is 5.75 Å². The average Bonchev–Trinajstić information content (AvgIpc) is 2.48. The summed E-state index contributed by atoms with van der Waals surface area (Å²) < 4.78 is 11.1. The van der Waals surface area contributed by atoms with Gasteiger partial charge in [-0.2, -0.15) is 0 Å². The van der Waals surface area contributed by atoms with Gasteiger partial charge in [0.1, 0.15) is 5.75 Å². The van der Waals surface area contributed by atoms with Gasteiger partial charge >= 0.3 is 0 Å². The SMILES string of the molecule is COc1ccccc1C(C(C)N)N(C)CC1CCCOC1. The third kappa shape index (κ3) is 4.19. The van der Waals surface area contributed by atoms with Gasteiger partial charge < -0.3 is 15.2 Å². The molecule has 1 aliphatic rings. The van der Waals surface area contributed by atoms with E-state index in [4.69, 9.17) is 15.2 Å². The number of nitrogens with two attached hydrogens (primary N) is 1. The number of benzene rings is 1. The van der Waals surface area contributed by atoms with Crippen LogP contribution in [0.3, 0.4) is 0 Å². The van der Waals surface area contributed by atoms with Crippen LogP contribution in [0.4, 0.5) is 0 Å². The van der Waals surface area contributed by atoms with Crippen LogP contribution in [0.5, 0.6) is 5.75 Å². The third-order valence-electron chi connectivity index (χ3n) is 4.23. The molecule has 4 nitrogen and oxygen atoms in total. The second-order valence-electron chi connectivity index (χ2n) is 6.07. The van der Waals surface area contributed by atoms with Gasteiger partial charge in [-0.1, -0.05) is 18.2 Å². The number of likely N-dealkylation sites (N-methyl/N-ethyl adjacent to an activating group) is 1. The zero-order chi connectivity index (χ0) is 15.2. The number of para-hydroxylation sites is 1. The van der Waals surface area contributed by atoms with E-state index >= 15 is 0 Å². The predicted octanol–water partition coefficient (Wildman–Crippen LogP) is 2.44. The van der Waals surface area contributed by atoms with Crippen LogP contribution in [0.2, 0.25) is 0 Å². The van der Waals surface area contributed by atoms with Crippen LogP contribution in [-0.2, 0) is 4.74 Å². The Morgan fingerprint density at radius 3 is 2.81 bits per heavy atom. The molecule has 0 aromatic heterocycles. The normalized spacial score (nSPS) is 22.0. The molecule has 0 radical (unpaired) electrons. The first kappa shape index (κ1) is 16.3. The summed E-state index contributed by atoms with van der Waals surface area (Å²) in [6.45, 7) is 4.83. The van der Waals surface area contributed by atoms with Crippen LogP contribution in [0.1, 0.15) is 31.4 Å². The smallest absolute Gasteiger partial charge is 0.123 e. The third-order valence-corrected chi connectivity index (χ3v) is 4.23. The standard InChI is InChI=1S/C17H28N2O2/c1-13(18)17(15-8-4-5-9-16(15)20-3)19(2)11-14-7-6-10-21-12-14/h4-5,8-9,13-14,17H,6-7,10-12,18H2,1-3H3. The molecule has 1 saturated heterocycles. The van der Waals surface area contributed by atoms with E-state index in [0.29, 0.717) is 5.92 Å². The minimum absolute atomic E-state index is 0.0378. The van der Waals surface area contributed by atoms with E-state index < -0.39 is 0 Å². The molecular weight excluding hydrogens is 264 g/mol. The van der Waals surface area contributed by atoms with Crippen molar-refractivity contribution in [2.45, 2.75) is 31.8 Å². The van der Waals surface area contributed by atoms with Gasteiger partial charge in [0.05, 0.1) is 19.8 Å². The summed E-state index contributed by atoms with van der Waals surface area (Å²) in [5, 5.41) is 0. The van der Waals surface area contributed by atoms with Crippen molar-refractivity contribution in [1.82, 2.24) is 4.90 Å². The molecule has 0 saturated carbocycles. The lowest BCUT2D eigenvalue weighted by atomic mass is 9.95. The molecule has 1 heterocycles. The van der Waals surface area contributed by atoms with Crippen molar-refractivity contribution in [3.05, 3.63) is 29.8 Å². The van der Waals surface area contributed by atoms with E-state index in [-0.39, 0.29) is 12.1 Å². The van der Waals surface area contributed by atoms with Gasteiger partial charge in [0.25, 0.3) is 0 Å². The quantitative estimate of drug-likeness (QED) is 0.875. The van der Waals surface area contributed by atoms with Crippen molar-refractivity contribution in [2.24, 2.45) is 11.7 Å². The summed E-state index contributed by atoms with van der Waals surface area (Å²) in [5.74, 6) is 1.51. The largest absolute Gasteiger partial charge is 0.496 e. The summed E-state index contributed by atoms with van der Waals surface area (Å²) in [5.41, 5.74) is 7.43. The fourth-order valence-corrected chi connectivity index (χ4v) is 3.31. The van der Waals surface area contributed by atoms with E-state index in [0.717, 1.165) is 37.5 Å². The van der Waals surface area contributed by atoms with Crippen molar-refractivity contribution < 1.29 is 9.47 Å². The van der Waals surface area contributed by atoms with Crippen molar-refractivity contribution in [2.75, 3.05) is 33.9 Å². The highest BCUT2D eigenvalue weighted by Crippen LogP contribution is 2.31. The van der Waals surface area contributed by atoms with E-state index in [9.17, 15) is 0 Å². The maximum Gasteiger partial charge on any atom is 0.123 e. The zero-order valence-corrected chi connectivity index (χ0v) is 13.4. The van der Waals surface area contributed by atoms with Gasteiger partial charge in [0.15, 0.2) is 0 Å². The van der Waals surface area contributed by atoms with Gasteiger partial charge in [0.2, 0.25) is 0 Å². The van der Waals surface area contributed by atoms with Gasteiger partial charge in [-0.05, 0) is 38.8 Å². The van der Waals surface area contributed by atoms with E-state index in [1.54, 1.807) is 7.11 Å². The summed E-state index contributed by atoms with van der Waals surface area (Å²) in [4.78, 5) is 2.35. The highest BCUT2D eigenvalue weighted by molar-refractivity contribution is 5.36. The number of ether oxygens (including phenoxy) is 2. The highest BCUT2D eigenvalue weighted by atomic mass is 16.5. The van der Waals surface area contributed by atoms with Gasteiger partial charge in [0, 0.05) is 24.8 Å². The summed E-state index contributed by atoms with van der Waals surface area (Å²) in [7, 11) is 3.86. The fraction of sp³-hybridized carbons (Fsp3) is 0.647. The average molecular weight is 292 g/mol. The van der Waals surface area contributed by atoms with Crippen molar-refractivity contribution >= 4 is 0 Å². The van der Waals surface area contributed by atoms with Gasteiger partial charge in [-0.3, -0.25) is 4.90 Å². The molecule has 1 aromatic rings. The molecule has 3 atom stereocenters. The van der Waals surface area contributed by atoms with E-state index in [2.05, 4.69) is 24.9 Å². The lowest BCUT2D eigenvalue weighted by molar-refractivity contribution is 0.0342. The Kier molecular flexibility index (Phi) is 6.03. The Balaban J connectivity index is 2.13. The van der Waals surface area contributed by atoms with Crippen LogP contribution in [-0.4, -0.2) is 44.9 Å². The molecule has 3 unspecified atom stereocenters. The molecule has 2 N–H and O–H groups in total. The molecular formula is C17H28N2O2. The molecule has 1 aliphatic heterocycles. The Bertz CT molecular complexity index is 431. The van der Waals surface area contributed by atoms with Gasteiger partial charge in [-0.25, -0.2) is 0 Å². The molecule has 0 spiro atoms. The predicted molar refractivity (Wildman–Crippen MR) is 85.6 cm³/mol. The van der Waals surface area contributed by atoms with Crippen LogP contribution in [0, 0.1) is 5.92 Å². The van der Waals surface area contributed by atoms with Crippen LogP contribution >= 0.6 is 0 Å². The molecule has 118 valence electrons. The Hall–Kier alpha value is -1.10. The molecule has 2 rings (SSSR count). The molecule has 1 aromatic carbocycles. The molecule has 0 bridgehead atoms.